The lowest BCUT2D eigenvalue weighted by Gasteiger charge is -2.18. The van der Waals surface area contributed by atoms with Crippen LogP contribution in [0.3, 0.4) is 0 Å². The highest BCUT2D eigenvalue weighted by Crippen LogP contribution is 2.34. The minimum Gasteiger partial charge on any atom is -0.507 e. The molecule has 78 valence electrons. The molecule has 0 fully saturated rings. The van der Waals surface area contributed by atoms with Crippen LogP contribution < -0.4 is 0 Å². The monoisotopic (exact) mass is 212 g/mol. The zero-order valence-corrected chi connectivity index (χ0v) is 9.56. The maximum absolute atomic E-state index is 9.51. The lowest BCUT2D eigenvalue weighted by molar-refractivity contribution is 0.442. The summed E-state index contributed by atoms with van der Waals surface area (Å²) in [4.78, 5) is 0. The lowest BCUT2D eigenvalue weighted by Crippen LogP contribution is -2.07. The molecule has 0 radical (unpaired) electrons. The molecule has 0 amide bonds. The Morgan fingerprint density at radius 1 is 1.14 bits per heavy atom. The zero-order valence-electron chi connectivity index (χ0n) is 8.74. The van der Waals surface area contributed by atoms with E-state index in [4.69, 9.17) is 0 Å². The standard InChI is InChI=1S/C11H16O2S/c1-11(2,3)14-7-8-9(12)5-4-6-10(8)13/h4-6,12-13H,7H2,1-3H3. The van der Waals surface area contributed by atoms with Crippen molar-refractivity contribution in [1.82, 2.24) is 0 Å². The maximum Gasteiger partial charge on any atom is 0.123 e. The Bertz CT molecular complexity index is 295. The molecule has 0 unspecified atom stereocenters. The van der Waals surface area contributed by atoms with Crippen LogP contribution in [0.4, 0.5) is 0 Å². The molecular weight excluding hydrogens is 196 g/mol. The van der Waals surface area contributed by atoms with Crippen molar-refractivity contribution in [2.45, 2.75) is 31.3 Å². The molecule has 0 saturated heterocycles. The summed E-state index contributed by atoms with van der Waals surface area (Å²) in [6, 6.07) is 4.83. The molecule has 0 saturated carbocycles. The highest BCUT2D eigenvalue weighted by atomic mass is 32.2. The smallest absolute Gasteiger partial charge is 0.123 e. The summed E-state index contributed by atoms with van der Waals surface area (Å²) in [5.74, 6) is 0.964. The zero-order chi connectivity index (χ0) is 10.8. The molecule has 0 bridgehead atoms. The third-order valence-corrected chi connectivity index (χ3v) is 3.08. The molecule has 14 heavy (non-hydrogen) atoms. The Morgan fingerprint density at radius 2 is 1.64 bits per heavy atom. The van der Waals surface area contributed by atoms with E-state index in [2.05, 4.69) is 20.8 Å². The van der Waals surface area contributed by atoms with Gasteiger partial charge in [-0.3, -0.25) is 0 Å². The third-order valence-electron chi connectivity index (χ3n) is 1.78. The summed E-state index contributed by atoms with van der Waals surface area (Å²) in [6.45, 7) is 6.32. The van der Waals surface area contributed by atoms with E-state index in [0.29, 0.717) is 11.3 Å². The van der Waals surface area contributed by atoms with E-state index >= 15 is 0 Å². The van der Waals surface area contributed by atoms with Crippen LogP contribution in [0.15, 0.2) is 18.2 Å². The molecule has 0 aliphatic heterocycles. The van der Waals surface area contributed by atoms with Gasteiger partial charge in [-0.25, -0.2) is 0 Å². The lowest BCUT2D eigenvalue weighted by atomic mass is 10.2. The highest BCUT2D eigenvalue weighted by molar-refractivity contribution is 7.99. The Labute approximate surface area is 89.0 Å². The number of thioether (sulfide) groups is 1. The summed E-state index contributed by atoms with van der Waals surface area (Å²) in [5.41, 5.74) is 0.618. The Morgan fingerprint density at radius 3 is 2.07 bits per heavy atom. The van der Waals surface area contributed by atoms with Gasteiger partial charge in [-0.1, -0.05) is 26.8 Å². The van der Waals surface area contributed by atoms with Crippen LogP contribution in [0.2, 0.25) is 0 Å². The number of aromatic hydroxyl groups is 2. The number of benzene rings is 1. The fraction of sp³-hybridized carbons (Fsp3) is 0.455. The van der Waals surface area contributed by atoms with Gasteiger partial charge in [-0.05, 0) is 12.1 Å². The summed E-state index contributed by atoms with van der Waals surface area (Å²) >= 11 is 1.69. The van der Waals surface area contributed by atoms with Crippen molar-refractivity contribution in [3.63, 3.8) is 0 Å². The molecule has 3 heteroatoms. The SMILES string of the molecule is CC(C)(C)SCc1c(O)cccc1O. The summed E-state index contributed by atoms with van der Waals surface area (Å²) in [5, 5.41) is 19.0. The van der Waals surface area contributed by atoms with Crippen LogP contribution in [0, 0.1) is 0 Å². The van der Waals surface area contributed by atoms with Gasteiger partial charge in [0.25, 0.3) is 0 Å². The van der Waals surface area contributed by atoms with Crippen LogP contribution in [0.1, 0.15) is 26.3 Å². The number of phenolic OH excluding ortho intramolecular Hbond substituents is 2. The van der Waals surface area contributed by atoms with E-state index < -0.39 is 0 Å². The number of phenols is 2. The van der Waals surface area contributed by atoms with E-state index in [9.17, 15) is 10.2 Å². The van der Waals surface area contributed by atoms with Gasteiger partial charge in [0, 0.05) is 16.1 Å². The van der Waals surface area contributed by atoms with Crippen molar-refractivity contribution in [2.24, 2.45) is 0 Å². The second kappa shape index (κ2) is 4.13. The van der Waals surface area contributed by atoms with Gasteiger partial charge in [0.1, 0.15) is 11.5 Å². The topological polar surface area (TPSA) is 40.5 Å². The Kier molecular flexibility index (Phi) is 3.32. The molecule has 0 aromatic heterocycles. The summed E-state index contributed by atoms with van der Waals surface area (Å²) in [6.07, 6.45) is 0. The first-order chi connectivity index (χ1) is 6.40. The second-order valence-electron chi connectivity index (χ2n) is 4.18. The Hall–Kier alpha value is -0.830. The van der Waals surface area contributed by atoms with E-state index in [1.807, 2.05) is 0 Å². The van der Waals surface area contributed by atoms with Crippen molar-refractivity contribution >= 4 is 11.8 Å². The number of rotatable bonds is 2. The van der Waals surface area contributed by atoms with Gasteiger partial charge < -0.3 is 10.2 Å². The molecule has 0 aliphatic carbocycles. The van der Waals surface area contributed by atoms with Gasteiger partial charge in [-0.15, -0.1) is 0 Å². The molecular formula is C11H16O2S. The van der Waals surface area contributed by atoms with E-state index in [0.717, 1.165) is 0 Å². The van der Waals surface area contributed by atoms with Gasteiger partial charge in [-0.2, -0.15) is 11.8 Å². The number of hydrogen-bond donors (Lipinski definition) is 2. The average Bonchev–Trinajstić information content (AvgIpc) is 2.01. The van der Waals surface area contributed by atoms with Gasteiger partial charge in [0.05, 0.1) is 0 Å². The minimum absolute atomic E-state index is 0.134. The van der Waals surface area contributed by atoms with Crippen LogP contribution in [0.5, 0.6) is 11.5 Å². The van der Waals surface area contributed by atoms with Crippen molar-refractivity contribution in [1.29, 1.82) is 0 Å². The normalized spacial score (nSPS) is 11.6. The first-order valence-electron chi connectivity index (χ1n) is 4.54. The predicted octanol–water partition coefficient (Wildman–Crippen LogP) is 3.13. The Balaban J connectivity index is 2.77. The molecule has 0 spiro atoms. The minimum atomic E-state index is 0.134. The third kappa shape index (κ3) is 3.14. The first-order valence-corrected chi connectivity index (χ1v) is 5.52. The van der Waals surface area contributed by atoms with Gasteiger partial charge >= 0.3 is 0 Å². The van der Waals surface area contributed by atoms with Gasteiger partial charge in [0.2, 0.25) is 0 Å². The molecule has 1 aromatic carbocycles. The molecule has 1 rings (SSSR count). The highest BCUT2D eigenvalue weighted by Gasteiger charge is 2.14. The van der Waals surface area contributed by atoms with Crippen molar-refractivity contribution < 1.29 is 10.2 Å². The van der Waals surface area contributed by atoms with Crippen molar-refractivity contribution in [3.8, 4) is 11.5 Å². The van der Waals surface area contributed by atoms with Gasteiger partial charge in [0.15, 0.2) is 0 Å². The quantitative estimate of drug-likeness (QED) is 0.791. The molecule has 1 aromatic rings. The van der Waals surface area contributed by atoms with E-state index in [-0.39, 0.29) is 16.2 Å². The largest absolute Gasteiger partial charge is 0.507 e. The van der Waals surface area contributed by atoms with Crippen LogP contribution in [-0.2, 0) is 5.75 Å². The van der Waals surface area contributed by atoms with Crippen LogP contribution in [0.25, 0.3) is 0 Å². The maximum atomic E-state index is 9.51. The van der Waals surface area contributed by atoms with E-state index in [1.165, 1.54) is 0 Å². The molecule has 2 nitrogen and oxygen atoms in total. The average molecular weight is 212 g/mol. The van der Waals surface area contributed by atoms with E-state index in [1.54, 1.807) is 30.0 Å². The predicted molar refractivity (Wildman–Crippen MR) is 60.8 cm³/mol. The second-order valence-corrected chi connectivity index (χ2v) is 5.98. The molecule has 0 atom stereocenters. The first kappa shape index (κ1) is 11.2. The summed E-state index contributed by atoms with van der Waals surface area (Å²) in [7, 11) is 0. The molecule has 2 N–H and O–H groups in total. The molecule has 0 heterocycles. The van der Waals surface area contributed by atoms with Crippen molar-refractivity contribution in [2.75, 3.05) is 0 Å². The summed E-state index contributed by atoms with van der Waals surface area (Å²) < 4.78 is 0.134. The fourth-order valence-electron chi connectivity index (χ4n) is 0.999. The molecule has 0 aliphatic rings. The van der Waals surface area contributed by atoms with Crippen LogP contribution in [-0.4, -0.2) is 15.0 Å². The number of hydrogen-bond acceptors (Lipinski definition) is 3. The van der Waals surface area contributed by atoms with Crippen molar-refractivity contribution in [3.05, 3.63) is 23.8 Å². The van der Waals surface area contributed by atoms with Crippen LogP contribution >= 0.6 is 11.8 Å². The fourth-order valence-corrected chi connectivity index (χ4v) is 1.87.